The molecule has 1 aromatic heterocycles. The predicted octanol–water partition coefficient (Wildman–Crippen LogP) is 4.60. The SMILES string of the molecule is CC[C@H](C)c1ccccc1NC(=O)CSc1nnc(NC(C)C)s1. The highest BCUT2D eigenvalue weighted by Crippen LogP contribution is 2.28. The van der Waals surface area contributed by atoms with Crippen LogP contribution in [0.2, 0.25) is 0 Å². The molecule has 0 bridgehead atoms. The molecule has 1 atom stereocenters. The van der Waals surface area contributed by atoms with Crippen molar-refractivity contribution < 1.29 is 4.79 Å². The van der Waals surface area contributed by atoms with Crippen LogP contribution < -0.4 is 10.6 Å². The highest BCUT2D eigenvalue weighted by Gasteiger charge is 2.12. The summed E-state index contributed by atoms with van der Waals surface area (Å²) >= 11 is 2.88. The van der Waals surface area contributed by atoms with Gasteiger partial charge in [0.1, 0.15) is 0 Å². The number of benzene rings is 1. The summed E-state index contributed by atoms with van der Waals surface area (Å²) < 4.78 is 0.795. The van der Waals surface area contributed by atoms with Gasteiger partial charge in [-0.1, -0.05) is 55.1 Å². The summed E-state index contributed by atoms with van der Waals surface area (Å²) in [5, 5.41) is 15.2. The molecule has 1 amide bonds. The van der Waals surface area contributed by atoms with Crippen LogP contribution in [0.5, 0.6) is 0 Å². The maximum atomic E-state index is 12.2. The highest BCUT2D eigenvalue weighted by atomic mass is 32.2. The van der Waals surface area contributed by atoms with Gasteiger partial charge in [-0.15, -0.1) is 10.2 Å². The molecule has 0 saturated heterocycles. The summed E-state index contributed by atoms with van der Waals surface area (Å²) in [7, 11) is 0. The zero-order chi connectivity index (χ0) is 17.5. The van der Waals surface area contributed by atoms with Crippen molar-refractivity contribution in [1.82, 2.24) is 10.2 Å². The van der Waals surface area contributed by atoms with Crippen LogP contribution in [0, 0.1) is 0 Å². The van der Waals surface area contributed by atoms with E-state index in [0.717, 1.165) is 21.6 Å². The molecule has 2 N–H and O–H groups in total. The molecule has 0 fully saturated rings. The van der Waals surface area contributed by atoms with E-state index in [0.29, 0.717) is 17.7 Å². The first-order valence-corrected chi connectivity index (χ1v) is 9.91. The number of anilines is 2. The molecule has 130 valence electrons. The van der Waals surface area contributed by atoms with Gasteiger partial charge in [0.2, 0.25) is 11.0 Å². The van der Waals surface area contributed by atoms with Crippen LogP contribution in [0.3, 0.4) is 0 Å². The lowest BCUT2D eigenvalue weighted by atomic mass is 9.97. The van der Waals surface area contributed by atoms with Crippen LogP contribution in [0.15, 0.2) is 28.6 Å². The van der Waals surface area contributed by atoms with Gasteiger partial charge < -0.3 is 10.6 Å². The van der Waals surface area contributed by atoms with Crippen molar-refractivity contribution in [3.8, 4) is 0 Å². The third-order valence-electron chi connectivity index (χ3n) is 3.52. The van der Waals surface area contributed by atoms with E-state index < -0.39 is 0 Å². The monoisotopic (exact) mass is 364 g/mol. The Morgan fingerprint density at radius 2 is 2.00 bits per heavy atom. The van der Waals surface area contributed by atoms with Gasteiger partial charge in [0, 0.05) is 11.7 Å². The van der Waals surface area contributed by atoms with Gasteiger partial charge in [-0.3, -0.25) is 4.79 Å². The predicted molar refractivity (Wildman–Crippen MR) is 103 cm³/mol. The molecule has 0 spiro atoms. The topological polar surface area (TPSA) is 66.9 Å². The van der Waals surface area contributed by atoms with Gasteiger partial charge >= 0.3 is 0 Å². The standard InChI is InChI=1S/C17H24N4OS2/c1-5-12(4)13-8-6-7-9-14(13)19-15(22)10-23-17-21-20-16(24-17)18-11(2)3/h6-9,11-12H,5,10H2,1-4H3,(H,18,20)(H,19,22)/t12-/m0/s1. The first kappa shape index (κ1) is 18.7. The third kappa shape index (κ3) is 5.49. The van der Waals surface area contributed by atoms with Crippen molar-refractivity contribution in [1.29, 1.82) is 0 Å². The number of thioether (sulfide) groups is 1. The van der Waals surface area contributed by atoms with Crippen LogP contribution >= 0.6 is 23.1 Å². The number of carbonyl (C=O) groups is 1. The van der Waals surface area contributed by atoms with Crippen molar-refractivity contribution >= 4 is 39.8 Å². The Bertz CT molecular complexity index is 672. The van der Waals surface area contributed by atoms with Crippen LogP contribution in [-0.2, 0) is 4.79 Å². The van der Waals surface area contributed by atoms with E-state index in [2.05, 4.69) is 54.6 Å². The summed E-state index contributed by atoms with van der Waals surface area (Å²) in [6.07, 6.45) is 1.04. The maximum Gasteiger partial charge on any atom is 0.234 e. The quantitative estimate of drug-likeness (QED) is 0.670. The minimum Gasteiger partial charge on any atom is -0.358 e. The minimum absolute atomic E-state index is 0.0238. The second kappa shape index (κ2) is 9.03. The second-order valence-electron chi connectivity index (χ2n) is 5.91. The molecular weight excluding hydrogens is 340 g/mol. The molecular formula is C17H24N4OS2. The maximum absolute atomic E-state index is 12.2. The Morgan fingerprint density at radius 3 is 2.71 bits per heavy atom. The Labute approximate surface area is 151 Å². The molecule has 1 heterocycles. The lowest BCUT2D eigenvalue weighted by Gasteiger charge is -2.15. The Morgan fingerprint density at radius 1 is 1.25 bits per heavy atom. The Hall–Kier alpha value is -1.60. The summed E-state index contributed by atoms with van der Waals surface area (Å²) in [4.78, 5) is 12.2. The van der Waals surface area contributed by atoms with Crippen LogP contribution in [0.1, 0.15) is 45.6 Å². The summed E-state index contributed by atoms with van der Waals surface area (Å²) in [6.45, 7) is 8.42. The van der Waals surface area contributed by atoms with Crippen molar-refractivity contribution in [2.45, 2.75) is 50.4 Å². The Kier molecular flexibility index (Phi) is 7.05. The molecule has 24 heavy (non-hydrogen) atoms. The number of para-hydroxylation sites is 1. The number of nitrogens with zero attached hydrogens (tertiary/aromatic N) is 2. The number of nitrogens with one attached hydrogen (secondary N) is 2. The van der Waals surface area contributed by atoms with E-state index >= 15 is 0 Å². The number of rotatable bonds is 8. The molecule has 2 aromatic rings. The third-order valence-corrected chi connectivity index (χ3v) is 5.51. The fraction of sp³-hybridized carbons (Fsp3) is 0.471. The van der Waals surface area contributed by atoms with E-state index in [1.165, 1.54) is 28.7 Å². The zero-order valence-electron chi connectivity index (χ0n) is 14.5. The first-order chi connectivity index (χ1) is 11.5. The number of hydrogen-bond donors (Lipinski definition) is 2. The van der Waals surface area contributed by atoms with E-state index in [1.54, 1.807) is 0 Å². The molecule has 1 aromatic carbocycles. The van der Waals surface area contributed by atoms with Gasteiger partial charge in [-0.05, 0) is 37.8 Å². The molecule has 5 nitrogen and oxygen atoms in total. The van der Waals surface area contributed by atoms with Crippen LogP contribution in [0.4, 0.5) is 10.8 Å². The zero-order valence-corrected chi connectivity index (χ0v) is 16.1. The molecule has 0 unspecified atom stereocenters. The van der Waals surface area contributed by atoms with Gasteiger partial charge in [-0.2, -0.15) is 0 Å². The van der Waals surface area contributed by atoms with Crippen molar-refractivity contribution in [2.24, 2.45) is 0 Å². The molecule has 0 radical (unpaired) electrons. The first-order valence-electron chi connectivity index (χ1n) is 8.11. The number of amides is 1. The Balaban J connectivity index is 1.91. The fourth-order valence-electron chi connectivity index (χ4n) is 2.15. The molecule has 7 heteroatoms. The van der Waals surface area contributed by atoms with Gasteiger partial charge in [0.25, 0.3) is 0 Å². The van der Waals surface area contributed by atoms with Crippen molar-refractivity contribution in [3.05, 3.63) is 29.8 Å². The number of hydrogen-bond acceptors (Lipinski definition) is 6. The van der Waals surface area contributed by atoms with Crippen molar-refractivity contribution in [3.63, 3.8) is 0 Å². The normalized spacial score (nSPS) is 12.2. The molecule has 0 aliphatic heterocycles. The van der Waals surface area contributed by atoms with Crippen LogP contribution in [0.25, 0.3) is 0 Å². The lowest BCUT2D eigenvalue weighted by molar-refractivity contribution is -0.113. The van der Waals surface area contributed by atoms with Gasteiger partial charge in [-0.25, -0.2) is 0 Å². The average Bonchev–Trinajstić information content (AvgIpc) is 2.99. The van der Waals surface area contributed by atoms with Crippen LogP contribution in [-0.4, -0.2) is 27.9 Å². The smallest absolute Gasteiger partial charge is 0.234 e. The lowest BCUT2D eigenvalue weighted by Crippen LogP contribution is -2.15. The largest absolute Gasteiger partial charge is 0.358 e. The number of aromatic nitrogens is 2. The van der Waals surface area contributed by atoms with E-state index in [4.69, 9.17) is 0 Å². The van der Waals surface area contributed by atoms with Gasteiger partial charge in [0.05, 0.1) is 5.75 Å². The molecule has 0 aliphatic rings. The summed E-state index contributed by atoms with van der Waals surface area (Å²) in [5.74, 6) is 0.719. The minimum atomic E-state index is -0.0238. The van der Waals surface area contributed by atoms with Crippen molar-refractivity contribution in [2.75, 3.05) is 16.4 Å². The molecule has 0 saturated carbocycles. The fourth-order valence-corrected chi connectivity index (χ4v) is 3.85. The van der Waals surface area contributed by atoms with E-state index in [1.807, 2.05) is 18.2 Å². The molecule has 0 aliphatic carbocycles. The summed E-state index contributed by atoms with van der Waals surface area (Å²) in [6, 6.07) is 8.31. The number of carbonyl (C=O) groups excluding carboxylic acids is 1. The molecule has 2 rings (SSSR count). The second-order valence-corrected chi connectivity index (χ2v) is 8.11. The van der Waals surface area contributed by atoms with E-state index in [-0.39, 0.29) is 5.91 Å². The van der Waals surface area contributed by atoms with E-state index in [9.17, 15) is 4.79 Å². The summed E-state index contributed by atoms with van der Waals surface area (Å²) in [5.41, 5.74) is 2.08. The average molecular weight is 365 g/mol. The highest BCUT2D eigenvalue weighted by molar-refractivity contribution is 8.01. The van der Waals surface area contributed by atoms with Gasteiger partial charge in [0.15, 0.2) is 4.34 Å².